The number of carbonyl (C=O) groups is 3. The second-order valence-electron chi connectivity index (χ2n) is 5.32. The summed E-state index contributed by atoms with van der Waals surface area (Å²) in [6, 6.07) is 6.90. The molecule has 0 saturated heterocycles. The molecule has 0 spiro atoms. The molecule has 3 amide bonds. The summed E-state index contributed by atoms with van der Waals surface area (Å²) >= 11 is 1.39. The van der Waals surface area contributed by atoms with Gasteiger partial charge in [0.1, 0.15) is 10.8 Å². The van der Waals surface area contributed by atoms with Gasteiger partial charge in [-0.25, -0.2) is 9.78 Å². The molecule has 0 unspecified atom stereocenters. The molecule has 2 rings (SSSR count). The van der Waals surface area contributed by atoms with Gasteiger partial charge in [-0.2, -0.15) is 0 Å². The molecule has 0 aliphatic carbocycles. The Morgan fingerprint density at radius 3 is 2.70 bits per heavy atom. The minimum absolute atomic E-state index is 0.0677. The number of carbonyl (C=O) groups excluding carboxylic acids is 3. The van der Waals surface area contributed by atoms with Crippen molar-refractivity contribution < 1.29 is 23.9 Å². The summed E-state index contributed by atoms with van der Waals surface area (Å²) in [5.74, 6) is -0.569. The molecule has 8 nitrogen and oxygen atoms in total. The Morgan fingerprint density at radius 1 is 1.19 bits per heavy atom. The van der Waals surface area contributed by atoms with Crippen LogP contribution in [0.15, 0.2) is 29.6 Å². The van der Waals surface area contributed by atoms with Crippen molar-refractivity contribution in [1.29, 1.82) is 0 Å². The predicted octanol–water partition coefficient (Wildman–Crippen LogP) is 2.14. The maximum Gasteiger partial charge on any atom is 0.321 e. The number of hydrogen-bond donors (Lipinski definition) is 2. The van der Waals surface area contributed by atoms with E-state index in [-0.39, 0.29) is 6.42 Å². The number of aromatic nitrogens is 1. The summed E-state index contributed by atoms with van der Waals surface area (Å²) in [6.45, 7) is 4.03. The van der Waals surface area contributed by atoms with Gasteiger partial charge in [0.15, 0.2) is 6.61 Å². The zero-order valence-electron chi connectivity index (χ0n) is 15.1. The maximum absolute atomic E-state index is 11.9. The quantitative estimate of drug-likeness (QED) is 0.668. The summed E-state index contributed by atoms with van der Waals surface area (Å²) in [7, 11) is 0. The molecule has 0 atom stereocenters. The molecule has 9 heteroatoms. The van der Waals surface area contributed by atoms with Crippen LogP contribution in [-0.2, 0) is 20.7 Å². The Kier molecular flexibility index (Phi) is 7.75. The van der Waals surface area contributed by atoms with E-state index in [2.05, 4.69) is 15.6 Å². The van der Waals surface area contributed by atoms with Crippen molar-refractivity contribution in [2.24, 2.45) is 0 Å². The van der Waals surface area contributed by atoms with Gasteiger partial charge >= 0.3 is 12.0 Å². The number of nitrogens with zero attached hydrogens (tertiary/aromatic N) is 1. The van der Waals surface area contributed by atoms with Gasteiger partial charge in [0, 0.05) is 11.9 Å². The topological polar surface area (TPSA) is 107 Å². The van der Waals surface area contributed by atoms with Gasteiger partial charge in [0.25, 0.3) is 5.91 Å². The normalized spacial score (nSPS) is 10.1. The number of amides is 3. The van der Waals surface area contributed by atoms with Crippen LogP contribution in [0, 0.1) is 0 Å². The molecule has 2 aromatic rings. The lowest BCUT2D eigenvalue weighted by Gasteiger charge is -2.07. The van der Waals surface area contributed by atoms with E-state index in [0.717, 1.165) is 16.3 Å². The summed E-state index contributed by atoms with van der Waals surface area (Å²) in [5, 5.41) is 6.95. The van der Waals surface area contributed by atoms with E-state index in [4.69, 9.17) is 9.47 Å². The number of benzene rings is 1. The van der Waals surface area contributed by atoms with Gasteiger partial charge in [-0.15, -0.1) is 11.3 Å². The number of esters is 1. The number of urea groups is 1. The first-order valence-corrected chi connectivity index (χ1v) is 9.31. The predicted molar refractivity (Wildman–Crippen MR) is 101 cm³/mol. The second kappa shape index (κ2) is 10.3. The van der Waals surface area contributed by atoms with E-state index in [9.17, 15) is 14.4 Å². The van der Waals surface area contributed by atoms with Crippen molar-refractivity contribution in [2.75, 3.05) is 19.8 Å². The third-order valence-electron chi connectivity index (χ3n) is 3.25. The molecule has 0 aliphatic rings. The van der Waals surface area contributed by atoms with Crippen LogP contribution < -0.4 is 15.4 Å². The van der Waals surface area contributed by atoms with Crippen molar-refractivity contribution in [3.05, 3.63) is 35.3 Å². The smallest absolute Gasteiger partial charge is 0.321 e. The van der Waals surface area contributed by atoms with E-state index in [1.54, 1.807) is 12.3 Å². The van der Waals surface area contributed by atoms with E-state index < -0.39 is 24.5 Å². The Balaban J connectivity index is 1.89. The van der Waals surface area contributed by atoms with E-state index in [1.807, 2.05) is 31.2 Å². The average Bonchev–Trinajstić information content (AvgIpc) is 3.09. The molecular formula is C18H21N3O5S. The Hall–Kier alpha value is -2.94. The highest BCUT2D eigenvalue weighted by molar-refractivity contribution is 7.13. The van der Waals surface area contributed by atoms with Crippen LogP contribution >= 0.6 is 11.3 Å². The minimum Gasteiger partial charge on any atom is -0.493 e. The van der Waals surface area contributed by atoms with Crippen molar-refractivity contribution in [3.63, 3.8) is 0 Å². The molecule has 1 heterocycles. The Morgan fingerprint density at radius 2 is 1.96 bits per heavy atom. The third kappa shape index (κ3) is 6.37. The van der Waals surface area contributed by atoms with Crippen molar-refractivity contribution in [2.45, 2.75) is 20.3 Å². The summed E-state index contributed by atoms with van der Waals surface area (Å²) in [6.07, 6.45) is -0.0677. The third-order valence-corrected chi connectivity index (χ3v) is 4.17. The van der Waals surface area contributed by atoms with Crippen LogP contribution in [0.25, 0.3) is 10.6 Å². The zero-order chi connectivity index (χ0) is 19.6. The van der Waals surface area contributed by atoms with Crippen LogP contribution in [0.5, 0.6) is 5.75 Å². The number of nitrogens with one attached hydrogen (secondary N) is 2. The largest absolute Gasteiger partial charge is 0.493 e. The first kappa shape index (κ1) is 20.4. The van der Waals surface area contributed by atoms with Crippen LogP contribution in [0.1, 0.15) is 19.5 Å². The summed E-state index contributed by atoms with van der Waals surface area (Å²) in [4.78, 5) is 39.0. The van der Waals surface area contributed by atoms with Gasteiger partial charge in [-0.3, -0.25) is 14.9 Å². The standard InChI is InChI=1S/C18H21N3O5S/c1-3-19-18(24)21-15(22)10-26-16(23)9-12-11-27-17(20-12)13-7-5-6-8-14(13)25-4-2/h5-8,11H,3-4,9-10H2,1-2H3,(H2,19,21,22,24). The number of para-hydroxylation sites is 1. The molecule has 1 aromatic carbocycles. The Labute approximate surface area is 160 Å². The lowest BCUT2D eigenvalue weighted by Crippen LogP contribution is -2.41. The van der Waals surface area contributed by atoms with Crippen LogP contribution in [0.2, 0.25) is 0 Å². The Bertz CT molecular complexity index is 806. The fourth-order valence-corrected chi connectivity index (χ4v) is 3.00. The average molecular weight is 391 g/mol. The fraction of sp³-hybridized carbons (Fsp3) is 0.333. The molecular weight excluding hydrogens is 370 g/mol. The molecule has 0 bridgehead atoms. The molecule has 0 saturated carbocycles. The van der Waals surface area contributed by atoms with Crippen molar-refractivity contribution in [3.8, 4) is 16.3 Å². The molecule has 1 aromatic heterocycles. The lowest BCUT2D eigenvalue weighted by molar-refractivity contribution is -0.147. The highest BCUT2D eigenvalue weighted by Crippen LogP contribution is 2.32. The van der Waals surface area contributed by atoms with Gasteiger partial charge in [0.05, 0.1) is 24.3 Å². The van der Waals surface area contributed by atoms with Crippen LogP contribution in [0.3, 0.4) is 0 Å². The molecule has 27 heavy (non-hydrogen) atoms. The van der Waals surface area contributed by atoms with E-state index in [1.165, 1.54) is 11.3 Å². The fourth-order valence-electron chi connectivity index (χ4n) is 2.15. The molecule has 0 aliphatic heterocycles. The first-order chi connectivity index (χ1) is 13.0. The number of rotatable bonds is 8. The first-order valence-electron chi connectivity index (χ1n) is 8.43. The number of imide groups is 1. The lowest BCUT2D eigenvalue weighted by atomic mass is 10.2. The number of ether oxygens (including phenoxy) is 2. The maximum atomic E-state index is 11.9. The molecule has 0 fully saturated rings. The van der Waals surface area contributed by atoms with Gasteiger partial charge in [0.2, 0.25) is 0 Å². The van der Waals surface area contributed by atoms with Crippen LogP contribution in [-0.4, -0.2) is 42.7 Å². The SMILES string of the molecule is CCNC(=O)NC(=O)COC(=O)Cc1csc(-c2ccccc2OCC)n1. The van der Waals surface area contributed by atoms with Gasteiger partial charge in [-0.1, -0.05) is 12.1 Å². The second-order valence-corrected chi connectivity index (χ2v) is 6.18. The zero-order valence-corrected chi connectivity index (χ0v) is 15.9. The highest BCUT2D eigenvalue weighted by Gasteiger charge is 2.14. The minimum atomic E-state index is -0.695. The van der Waals surface area contributed by atoms with Gasteiger partial charge in [-0.05, 0) is 26.0 Å². The molecule has 0 radical (unpaired) electrons. The molecule has 144 valence electrons. The number of hydrogen-bond acceptors (Lipinski definition) is 7. The van der Waals surface area contributed by atoms with E-state index >= 15 is 0 Å². The van der Waals surface area contributed by atoms with E-state index in [0.29, 0.717) is 18.8 Å². The van der Waals surface area contributed by atoms with Gasteiger partial charge < -0.3 is 14.8 Å². The van der Waals surface area contributed by atoms with Crippen molar-refractivity contribution in [1.82, 2.24) is 15.6 Å². The van der Waals surface area contributed by atoms with Crippen molar-refractivity contribution >= 4 is 29.2 Å². The molecule has 2 N–H and O–H groups in total. The summed E-state index contributed by atoms with van der Waals surface area (Å²) in [5.41, 5.74) is 1.39. The van der Waals surface area contributed by atoms with Crippen LogP contribution in [0.4, 0.5) is 4.79 Å². The number of thiazole rings is 1. The monoisotopic (exact) mass is 391 g/mol. The summed E-state index contributed by atoms with van der Waals surface area (Å²) < 4.78 is 10.5. The highest BCUT2D eigenvalue weighted by atomic mass is 32.1.